The molecule has 0 fully saturated rings. The summed E-state index contributed by atoms with van der Waals surface area (Å²) >= 11 is 0. The molecule has 2 aromatic rings. The van der Waals surface area contributed by atoms with E-state index in [1.165, 1.54) is 0 Å². The van der Waals surface area contributed by atoms with E-state index in [0.29, 0.717) is 11.3 Å². The summed E-state index contributed by atoms with van der Waals surface area (Å²) in [6, 6.07) is 15.0. The maximum Gasteiger partial charge on any atom is 0.393 e. The second-order valence-electron chi connectivity index (χ2n) is 4.74. The number of hydrogen-bond donors (Lipinski definition) is 1. The molecule has 3 nitrogen and oxygen atoms in total. The zero-order valence-corrected chi connectivity index (χ0v) is 11.4. The molecule has 0 aliphatic carbocycles. The minimum atomic E-state index is -3.44. The maximum atomic E-state index is 12.2. The summed E-state index contributed by atoms with van der Waals surface area (Å²) in [4.78, 5) is 0.387. The lowest BCUT2D eigenvalue weighted by Crippen LogP contribution is -2.78. The van der Waals surface area contributed by atoms with E-state index in [2.05, 4.69) is 4.40 Å². The number of aryl methyl sites for hydroxylation is 1. The zero-order chi connectivity index (χ0) is 13.5. The smallest absolute Gasteiger partial charge is 0.159 e. The van der Waals surface area contributed by atoms with Crippen LogP contribution in [-0.4, -0.2) is 14.1 Å². The maximum absolute atomic E-state index is 12.2. The molecule has 0 amide bonds. The van der Waals surface area contributed by atoms with Crippen LogP contribution >= 0.6 is 0 Å². The van der Waals surface area contributed by atoms with Crippen molar-refractivity contribution in [3.05, 3.63) is 65.2 Å². The number of sulfonamides is 1. The van der Waals surface area contributed by atoms with E-state index in [0.717, 1.165) is 22.4 Å². The molecule has 0 saturated carbocycles. The molecule has 1 aliphatic rings. The highest BCUT2D eigenvalue weighted by Crippen LogP contribution is 2.19. The molecule has 3 rings (SSSR count). The molecule has 0 unspecified atom stereocenters. The van der Waals surface area contributed by atoms with Crippen molar-refractivity contribution in [1.82, 2.24) is 0 Å². The van der Waals surface area contributed by atoms with Crippen molar-refractivity contribution in [2.75, 3.05) is 0 Å². The summed E-state index contributed by atoms with van der Waals surface area (Å²) in [6.45, 7) is 1.97. The van der Waals surface area contributed by atoms with Crippen LogP contribution in [0.2, 0.25) is 0 Å². The van der Waals surface area contributed by atoms with Crippen LogP contribution in [0.3, 0.4) is 0 Å². The van der Waals surface area contributed by atoms with Gasteiger partial charge < -0.3 is 0 Å². The Labute approximate surface area is 112 Å². The van der Waals surface area contributed by atoms with E-state index in [-0.39, 0.29) is 0 Å². The van der Waals surface area contributed by atoms with Crippen LogP contribution in [0.4, 0.5) is 0 Å². The van der Waals surface area contributed by atoms with Gasteiger partial charge >= 0.3 is 10.0 Å². The highest BCUT2D eigenvalue weighted by molar-refractivity contribution is 7.84. The van der Waals surface area contributed by atoms with Crippen LogP contribution in [0.5, 0.6) is 0 Å². The fourth-order valence-electron chi connectivity index (χ4n) is 2.35. The average molecular weight is 272 g/mol. The Hall–Kier alpha value is -1.94. The van der Waals surface area contributed by atoms with Crippen molar-refractivity contribution in [2.45, 2.75) is 18.2 Å². The topological polar surface area (TPSA) is 48.1 Å². The van der Waals surface area contributed by atoms with Crippen molar-refractivity contribution in [3.8, 4) is 0 Å². The quantitative estimate of drug-likeness (QED) is 0.835. The molecule has 4 heteroatoms. The molecule has 0 atom stereocenters. The molecule has 0 radical (unpaired) electrons. The first kappa shape index (κ1) is 12.1. The Bertz CT molecular complexity index is 762. The lowest BCUT2D eigenvalue weighted by molar-refractivity contribution is -0.269. The van der Waals surface area contributed by atoms with E-state index < -0.39 is 10.0 Å². The summed E-state index contributed by atoms with van der Waals surface area (Å²) < 4.78 is 27.1. The average Bonchev–Trinajstić information content (AvgIpc) is 2.38. The third kappa shape index (κ3) is 2.19. The fourth-order valence-corrected chi connectivity index (χ4v) is 3.70. The summed E-state index contributed by atoms with van der Waals surface area (Å²) in [7, 11) is -3.44. The van der Waals surface area contributed by atoms with E-state index in [9.17, 15) is 8.42 Å². The number of hydrogen-bond acceptors (Lipinski definition) is 2. The van der Waals surface area contributed by atoms with Crippen molar-refractivity contribution < 1.29 is 12.8 Å². The van der Waals surface area contributed by atoms with Gasteiger partial charge in [-0.1, -0.05) is 35.9 Å². The van der Waals surface area contributed by atoms with Gasteiger partial charge in [-0.05, 0) is 30.7 Å². The first-order chi connectivity index (χ1) is 9.06. The van der Waals surface area contributed by atoms with E-state index in [1.54, 1.807) is 6.07 Å². The summed E-state index contributed by atoms with van der Waals surface area (Å²) in [5, 5.41) is 0. The third-order valence-corrected chi connectivity index (χ3v) is 4.74. The summed E-state index contributed by atoms with van der Waals surface area (Å²) in [5.74, 6) is 0. The Kier molecular flexibility index (Phi) is 2.75. The van der Waals surface area contributed by atoms with E-state index >= 15 is 0 Å². The Morgan fingerprint density at radius 1 is 1.05 bits per heavy atom. The molecule has 1 aliphatic heterocycles. The van der Waals surface area contributed by atoms with Gasteiger partial charge in [-0.25, -0.2) is 0 Å². The van der Waals surface area contributed by atoms with Gasteiger partial charge in [-0.15, -0.1) is 4.40 Å². The van der Waals surface area contributed by atoms with Crippen LogP contribution < -0.4 is 4.40 Å². The standard InChI is InChI=1S/C15H13NO2S/c1-11-7-8-15-13(9-11)10-14(16-19(15,17)18)12-5-3-2-4-6-12/h2-9H,10H2,1H3/p+1. The van der Waals surface area contributed by atoms with Gasteiger partial charge in [0.15, 0.2) is 0 Å². The normalized spacial score (nSPS) is 16.6. The summed E-state index contributed by atoms with van der Waals surface area (Å²) in [5.41, 5.74) is 3.58. The molecular formula is C15H14NO2S+. The lowest BCUT2D eigenvalue weighted by Gasteiger charge is -2.12. The van der Waals surface area contributed by atoms with E-state index in [1.807, 2.05) is 49.4 Å². The monoisotopic (exact) mass is 272 g/mol. The third-order valence-electron chi connectivity index (χ3n) is 3.25. The predicted molar refractivity (Wildman–Crippen MR) is 73.6 cm³/mol. The molecular weight excluding hydrogens is 258 g/mol. The zero-order valence-electron chi connectivity index (χ0n) is 10.6. The molecule has 96 valence electrons. The van der Waals surface area contributed by atoms with Gasteiger partial charge in [0.05, 0.1) is 6.42 Å². The van der Waals surface area contributed by atoms with Crippen LogP contribution in [0.1, 0.15) is 16.7 Å². The highest BCUT2D eigenvalue weighted by Gasteiger charge is 2.31. The number of fused-ring (bicyclic) bond motifs is 1. The minimum Gasteiger partial charge on any atom is -0.159 e. The lowest BCUT2D eigenvalue weighted by atomic mass is 10.0. The number of benzene rings is 2. The molecule has 0 saturated heterocycles. The predicted octanol–water partition coefficient (Wildman–Crippen LogP) is 0.810. The number of rotatable bonds is 1. The van der Waals surface area contributed by atoms with Gasteiger partial charge in [0.1, 0.15) is 4.90 Å². The Morgan fingerprint density at radius 2 is 1.79 bits per heavy atom. The molecule has 1 heterocycles. The van der Waals surface area contributed by atoms with Gasteiger partial charge in [-0.2, -0.15) is 8.42 Å². The van der Waals surface area contributed by atoms with Crippen LogP contribution in [0, 0.1) is 6.92 Å². The molecule has 2 aromatic carbocycles. The van der Waals surface area contributed by atoms with Crippen molar-refractivity contribution in [3.63, 3.8) is 0 Å². The first-order valence-corrected chi connectivity index (χ1v) is 7.58. The first-order valence-electron chi connectivity index (χ1n) is 6.10. The van der Waals surface area contributed by atoms with Crippen molar-refractivity contribution in [1.29, 1.82) is 0 Å². The molecule has 1 N–H and O–H groups in total. The van der Waals surface area contributed by atoms with Gasteiger partial charge in [-0.3, -0.25) is 0 Å². The van der Waals surface area contributed by atoms with Gasteiger partial charge in [0, 0.05) is 5.56 Å². The molecule has 19 heavy (non-hydrogen) atoms. The highest BCUT2D eigenvalue weighted by atomic mass is 32.2. The molecule has 0 spiro atoms. The Balaban J connectivity index is 2.16. The Morgan fingerprint density at radius 3 is 2.53 bits per heavy atom. The summed E-state index contributed by atoms with van der Waals surface area (Å²) in [6.07, 6.45) is 0.611. The fraction of sp³-hybridized carbons (Fsp3) is 0.133. The van der Waals surface area contributed by atoms with E-state index in [4.69, 9.17) is 0 Å². The van der Waals surface area contributed by atoms with Crippen LogP contribution in [0.15, 0.2) is 53.4 Å². The van der Waals surface area contributed by atoms with Gasteiger partial charge in [0.25, 0.3) is 0 Å². The molecule has 0 bridgehead atoms. The minimum absolute atomic E-state index is 0.387. The second kappa shape index (κ2) is 4.31. The molecule has 0 aromatic heterocycles. The van der Waals surface area contributed by atoms with Crippen molar-refractivity contribution in [2.24, 2.45) is 0 Å². The number of nitrogens with one attached hydrogen (secondary N) is 1. The largest absolute Gasteiger partial charge is 0.393 e. The van der Waals surface area contributed by atoms with Crippen molar-refractivity contribution >= 4 is 15.7 Å². The van der Waals surface area contributed by atoms with Gasteiger partial charge in [0.2, 0.25) is 5.71 Å². The van der Waals surface area contributed by atoms with Crippen LogP contribution in [0.25, 0.3) is 0 Å². The SMILES string of the molecule is Cc1ccc2c(c1)CC(c1ccccc1)=[NH+]S2(=O)=O. The van der Waals surface area contributed by atoms with Crippen LogP contribution in [-0.2, 0) is 16.4 Å². The second-order valence-corrected chi connectivity index (χ2v) is 6.39.